The molecule has 3 heteroatoms. The van der Waals surface area contributed by atoms with Crippen LogP contribution in [0.4, 0.5) is 0 Å². The highest BCUT2D eigenvalue weighted by molar-refractivity contribution is 8.02. The van der Waals surface area contributed by atoms with Gasteiger partial charge in [-0.05, 0) is 24.3 Å². The molecule has 1 aromatic rings. The first kappa shape index (κ1) is 11.5. The number of hydrogen-bond donors (Lipinski definition) is 0. The molecule has 0 saturated heterocycles. The standard InChI is InChI=1S/C10H16S3/c1-3-5-12-9-7-11-8-10(9)13-6-4-2/h7-8H,3-6H2,1-2H3. The number of thiophene rings is 1. The van der Waals surface area contributed by atoms with Gasteiger partial charge in [0.2, 0.25) is 0 Å². The minimum atomic E-state index is 1.25. The summed E-state index contributed by atoms with van der Waals surface area (Å²) in [6, 6.07) is 0. The Hall–Kier alpha value is 0.400. The van der Waals surface area contributed by atoms with Crippen LogP contribution in [0.25, 0.3) is 0 Å². The minimum absolute atomic E-state index is 1.25. The molecule has 0 radical (unpaired) electrons. The third-order valence-electron chi connectivity index (χ3n) is 1.52. The molecule has 0 aliphatic rings. The maximum absolute atomic E-state index is 2.28. The molecule has 0 N–H and O–H groups in total. The van der Waals surface area contributed by atoms with E-state index < -0.39 is 0 Å². The molecule has 13 heavy (non-hydrogen) atoms. The summed E-state index contributed by atoms with van der Waals surface area (Å²) in [4.78, 5) is 2.98. The minimum Gasteiger partial charge on any atom is -0.150 e. The number of hydrogen-bond acceptors (Lipinski definition) is 3. The van der Waals surface area contributed by atoms with Crippen molar-refractivity contribution < 1.29 is 0 Å². The molecule has 1 heterocycles. The normalized spacial score (nSPS) is 10.6. The van der Waals surface area contributed by atoms with Crippen LogP contribution in [0.2, 0.25) is 0 Å². The summed E-state index contributed by atoms with van der Waals surface area (Å²) in [5.74, 6) is 2.49. The van der Waals surface area contributed by atoms with Gasteiger partial charge in [-0.3, -0.25) is 0 Å². The van der Waals surface area contributed by atoms with Gasteiger partial charge in [0.25, 0.3) is 0 Å². The lowest BCUT2D eigenvalue weighted by Crippen LogP contribution is -1.77. The molecule has 1 rings (SSSR count). The summed E-state index contributed by atoms with van der Waals surface area (Å²) >= 11 is 5.81. The molecule has 0 saturated carbocycles. The monoisotopic (exact) mass is 232 g/mol. The lowest BCUT2D eigenvalue weighted by Gasteiger charge is -2.01. The van der Waals surface area contributed by atoms with E-state index in [-0.39, 0.29) is 0 Å². The quantitative estimate of drug-likeness (QED) is 0.649. The molecule has 1 aromatic heterocycles. The fourth-order valence-electron chi connectivity index (χ4n) is 0.908. The Labute approximate surface area is 93.5 Å². The zero-order valence-electron chi connectivity index (χ0n) is 8.21. The SMILES string of the molecule is CCCSc1cscc1SCCC. The van der Waals surface area contributed by atoms with E-state index in [0.29, 0.717) is 0 Å². The third kappa shape index (κ3) is 3.96. The Balaban J connectivity index is 2.45. The van der Waals surface area contributed by atoms with Crippen molar-refractivity contribution in [2.75, 3.05) is 11.5 Å². The number of thioether (sulfide) groups is 2. The molecule has 0 spiro atoms. The summed E-state index contributed by atoms with van der Waals surface area (Å²) < 4.78 is 0. The van der Waals surface area contributed by atoms with Gasteiger partial charge >= 0.3 is 0 Å². The predicted molar refractivity (Wildman–Crippen MR) is 66.3 cm³/mol. The first-order chi connectivity index (χ1) is 6.38. The molecule has 0 fully saturated rings. The van der Waals surface area contributed by atoms with Gasteiger partial charge in [0.15, 0.2) is 0 Å². The fourth-order valence-corrected chi connectivity index (χ4v) is 4.11. The van der Waals surface area contributed by atoms with Gasteiger partial charge in [-0.25, -0.2) is 0 Å². The molecular formula is C10H16S3. The van der Waals surface area contributed by atoms with Crippen molar-refractivity contribution in [2.45, 2.75) is 36.5 Å². The van der Waals surface area contributed by atoms with Gasteiger partial charge in [-0.1, -0.05) is 13.8 Å². The molecule has 0 aliphatic heterocycles. The second-order valence-corrected chi connectivity index (χ2v) is 5.81. The molecular weight excluding hydrogens is 216 g/mol. The van der Waals surface area contributed by atoms with Crippen LogP contribution < -0.4 is 0 Å². The van der Waals surface area contributed by atoms with E-state index >= 15 is 0 Å². The van der Waals surface area contributed by atoms with Crippen LogP contribution >= 0.6 is 34.9 Å². The van der Waals surface area contributed by atoms with Crippen molar-refractivity contribution in [1.29, 1.82) is 0 Å². The van der Waals surface area contributed by atoms with Crippen LogP contribution in [-0.4, -0.2) is 11.5 Å². The highest BCUT2D eigenvalue weighted by Crippen LogP contribution is 2.34. The summed E-state index contributed by atoms with van der Waals surface area (Å²) in [6.07, 6.45) is 2.52. The van der Waals surface area contributed by atoms with Gasteiger partial charge in [0.05, 0.1) is 0 Å². The molecule has 0 aliphatic carbocycles. The van der Waals surface area contributed by atoms with Gasteiger partial charge in [-0.2, -0.15) is 11.3 Å². The molecule has 0 nitrogen and oxygen atoms in total. The summed E-state index contributed by atoms with van der Waals surface area (Å²) in [6.45, 7) is 4.47. The largest absolute Gasteiger partial charge is 0.150 e. The van der Waals surface area contributed by atoms with Gasteiger partial charge in [0.1, 0.15) is 0 Å². The van der Waals surface area contributed by atoms with Crippen molar-refractivity contribution in [2.24, 2.45) is 0 Å². The Morgan fingerprint density at radius 3 is 1.85 bits per heavy atom. The maximum Gasteiger partial charge on any atom is 0.0315 e. The van der Waals surface area contributed by atoms with E-state index in [1.54, 1.807) is 0 Å². The van der Waals surface area contributed by atoms with Crippen LogP contribution in [0.1, 0.15) is 26.7 Å². The smallest absolute Gasteiger partial charge is 0.0315 e. The Morgan fingerprint density at radius 2 is 1.46 bits per heavy atom. The zero-order valence-corrected chi connectivity index (χ0v) is 10.7. The molecule has 0 atom stereocenters. The van der Waals surface area contributed by atoms with Crippen molar-refractivity contribution in [3.63, 3.8) is 0 Å². The second kappa shape index (κ2) is 6.80. The van der Waals surface area contributed by atoms with Gasteiger partial charge in [0, 0.05) is 20.6 Å². The molecule has 0 bridgehead atoms. The topological polar surface area (TPSA) is 0 Å². The van der Waals surface area contributed by atoms with E-state index in [2.05, 4.69) is 24.6 Å². The Kier molecular flexibility index (Phi) is 6.00. The first-order valence-corrected chi connectivity index (χ1v) is 7.61. The average Bonchev–Trinajstić information content (AvgIpc) is 2.59. The van der Waals surface area contributed by atoms with Crippen LogP contribution in [0.3, 0.4) is 0 Å². The molecule has 74 valence electrons. The summed E-state index contributed by atoms with van der Waals surface area (Å²) in [7, 11) is 0. The molecule has 0 amide bonds. The van der Waals surface area contributed by atoms with E-state index in [1.165, 1.54) is 34.1 Å². The lowest BCUT2D eigenvalue weighted by molar-refractivity contribution is 1.09. The molecule has 0 aromatic carbocycles. The van der Waals surface area contributed by atoms with Crippen molar-refractivity contribution in [1.82, 2.24) is 0 Å². The third-order valence-corrected chi connectivity index (χ3v) is 5.21. The van der Waals surface area contributed by atoms with Crippen molar-refractivity contribution in [3.8, 4) is 0 Å². The van der Waals surface area contributed by atoms with Gasteiger partial charge in [-0.15, -0.1) is 23.5 Å². The molecule has 0 unspecified atom stereocenters. The van der Waals surface area contributed by atoms with Gasteiger partial charge < -0.3 is 0 Å². The summed E-state index contributed by atoms with van der Waals surface area (Å²) in [5.41, 5.74) is 0. The number of rotatable bonds is 6. The van der Waals surface area contributed by atoms with E-state index in [1.807, 2.05) is 34.9 Å². The van der Waals surface area contributed by atoms with Crippen LogP contribution in [0, 0.1) is 0 Å². The lowest BCUT2D eigenvalue weighted by atomic mass is 10.6. The highest BCUT2D eigenvalue weighted by Gasteiger charge is 2.03. The Morgan fingerprint density at radius 1 is 1.00 bits per heavy atom. The second-order valence-electron chi connectivity index (χ2n) is 2.80. The first-order valence-electron chi connectivity index (χ1n) is 4.70. The van der Waals surface area contributed by atoms with Crippen LogP contribution in [-0.2, 0) is 0 Å². The van der Waals surface area contributed by atoms with Crippen molar-refractivity contribution in [3.05, 3.63) is 10.8 Å². The van der Waals surface area contributed by atoms with E-state index in [0.717, 1.165) is 0 Å². The van der Waals surface area contributed by atoms with Crippen molar-refractivity contribution >= 4 is 34.9 Å². The van der Waals surface area contributed by atoms with E-state index in [4.69, 9.17) is 0 Å². The predicted octanol–water partition coefficient (Wildman–Crippen LogP) is 4.75. The zero-order chi connectivity index (χ0) is 9.52. The Bertz CT molecular complexity index is 207. The summed E-state index contributed by atoms with van der Waals surface area (Å²) in [5, 5.41) is 4.55. The fraction of sp³-hybridized carbons (Fsp3) is 0.600. The maximum atomic E-state index is 2.28. The average molecular weight is 232 g/mol. The van der Waals surface area contributed by atoms with Crippen LogP contribution in [0.15, 0.2) is 20.6 Å². The van der Waals surface area contributed by atoms with Crippen LogP contribution in [0.5, 0.6) is 0 Å². The van der Waals surface area contributed by atoms with E-state index in [9.17, 15) is 0 Å². The highest BCUT2D eigenvalue weighted by atomic mass is 32.2.